The second-order valence-electron chi connectivity index (χ2n) is 12.7. The molecule has 7 heterocycles. The normalized spacial score (nSPS) is 11.9. The molecule has 51 heavy (non-hydrogen) atoms. The highest BCUT2D eigenvalue weighted by Gasteiger charge is 2.18. The number of benzene rings is 4. The topological polar surface area (TPSA) is 61.4 Å². The zero-order chi connectivity index (χ0) is 33.5. The summed E-state index contributed by atoms with van der Waals surface area (Å²) in [6.45, 7) is 0. The SMILES string of the molecule is c1ccc(-n2c3cc(-c4ccc5sc6ccc(-c7ccc8c9cccnc9n(-c9ccccc9)c8c7)nc6c5n4)ccc3c3cccnc32)cc1. The first-order valence-corrected chi connectivity index (χ1v) is 17.7. The van der Waals surface area contributed by atoms with Gasteiger partial charge in [-0.1, -0.05) is 60.7 Å². The van der Waals surface area contributed by atoms with E-state index in [0.717, 1.165) is 98.2 Å². The number of hydrogen-bond donors (Lipinski definition) is 0. The number of pyridine rings is 4. The van der Waals surface area contributed by atoms with Crippen molar-refractivity contribution in [3.8, 4) is 33.9 Å². The molecule has 11 aromatic rings. The minimum absolute atomic E-state index is 0.912. The minimum Gasteiger partial charge on any atom is -0.294 e. The Kier molecular flexibility index (Phi) is 6.02. The lowest BCUT2D eigenvalue weighted by molar-refractivity contribution is 1.14. The van der Waals surface area contributed by atoms with Crippen LogP contribution in [0.25, 0.3) is 98.2 Å². The molecule has 0 aliphatic heterocycles. The fourth-order valence-electron chi connectivity index (χ4n) is 7.52. The fraction of sp³-hybridized carbons (Fsp3) is 0. The van der Waals surface area contributed by atoms with Crippen molar-refractivity contribution in [1.29, 1.82) is 0 Å². The van der Waals surface area contributed by atoms with Gasteiger partial charge in [0.25, 0.3) is 0 Å². The lowest BCUT2D eigenvalue weighted by Gasteiger charge is -2.08. The van der Waals surface area contributed by atoms with Crippen molar-refractivity contribution in [2.24, 2.45) is 0 Å². The third-order valence-electron chi connectivity index (χ3n) is 9.84. The third kappa shape index (κ3) is 4.28. The molecular formula is C44H26N6S. The summed E-state index contributed by atoms with van der Waals surface area (Å²) in [5.74, 6) is 0. The molecule has 0 aliphatic rings. The number of hydrogen-bond acceptors (Lipinski definition) is 5. The van der Waals surface area contributed by atoms with Crippen LogP contribution >= 0.6 is 11.3 Å². The molecule has 0 aliphatic carbocycles. The number of thiophene rings is 1. The zero-order valence-electron chi connectivity index (χ0n) is 27.1. The zero-order valence-corrected chi connectivity index (χ0v) is 27.9. The van der Waals surface area contributed by atoms with Crippen LogP contribution in [-0.2, 0) is 0 Å². The van der Waals surface area contributed by atoms with Crippen molar-refractivity contribution in [2.75, 3.05) is 0 Å². The highest BCUT2D eigenvalue weighted by Crippen LogP contribution is 2.38. The molecule has 4 aromatic carbocycles. The monoisotopic (exact) mass is 670 g/mol. The van der Waals surface area contributed by atoms with E-state index in [9.17, 15) is 0 Å². The van der Waals surface area contributed by atoms with Gasteiger partial charge in [-0.05, 0) is 84.9 Å². The summed E-state index contributed by atoms with van der Waals surface area (Å²) in [6.07, 6.45) is 3.72. The molecule has 0 fully saturated rings. The largest absolute Gasteiger partial charge is 0.294 e. The Morgan fingerprint density at radius 1 is 0.412 bits per heavy atom. The summed E-state index contributed by atoms with van der Waals surface area (Å²) >= 11 is 1.73. The Hall–Kier alpha value is -6.70. The molecule has 0 radical (unpaired) electrons. The number of nitrogens with zero attached hydrogens (tertiary/aromatic N) is 6. The van der Waals surface area contributed by atoms with Crippen LogP contribution in [-0.4, -0.2) is 29.1 Å². The van der Waals surface area contributed by atoms with E-state index in [2.05, 4.69) is 130 Å². The molecule has 6 nitrogen and oxygen atoms in total. The van der Waals surface area contributed by atoms with Gasteiger partial charge < -0.3 is 0 Å². The second-order valence-corrected chi connectivity index (χ2v) is 13.8. The van der Waals surface area contributed by atoms with Crippen LogP contribution in [0.15, 0.2) is 158 Å². The van der Waals surface area contributed by atoms with E-state index in [0.29, 0.717) is 0 Å². The molecule has 0 bridgehead atoms. The molecule has 0 saturated carbocycles. The quantitative estimate of drug-likeness (QED) is 0.187. The molecule has 238 valence electrons. The van der Waals surface area contributed by atoms with E-state index < -0.39 is 0 Å². The Labute approximate surface area is 295 Å². The number of rotatable bonds is 4. The third-order valence-corrected chi connectivity index (χ3v) is 10.9. The summed E-state index contributed by atoms with van der Waals surface area (Å²) in [4.78, 5) is 20.1. The summed E-state index contributed by atoms with van der Waals surface area (Å²) in [7, 11) is 0. The van der Waals surface area contributed by atoms with Gasteiger partial charge in [0.1, 0.15) is 22.3 Å². The van der Waals surface area contributed by atoms with Crippen molar-refractivity contribution >= 4 is 75.6 Å². The Morgan fingerprint density at radius 3 is 1.35 bits per heavy atom. The van der Waals surface area contributed by atoms with Crippen LogP contribution < -0.4 is 0 Å². The van der Waals surface area contributed by atoms with E-state index in [1.165, 1.54) is 0 Å². The average Bonchev–Trinajstić information content (AvgIpc) is 3.85. The Bertz CT molecular complexity index is 2930. The molecule has 7 heteroatoms. The van der Waals surface area contributed by atoms with E-state index >= 15 is 0 Å². The van der Waals surface area contributed by atoms with Gasteiger partial charge in [-0.15, -0.1) is 11.3 Å². The van der Waals surface area contributed by atoms with E-state index in [-0.39, 0.29) is 0 Å². The van der Waals surface area contributed by atoms with Crippen LogP contribution in [0.2, 0.25) is 0 Å². The predicted octanol–water partition coefficient (Wildman–Crippen LogP) is 11.2. The molecule has 0 atom stereocenters. The first kappa shape index (κ1) is 28.2. The molecular weight excluding hydrogens is 645 g/mol. The van der Waals surface area contributed by atoms with Gasteiger partial charge in [0.15, 0.2) is 0 Å². The van der Waals surface area contributed by atoms with Crippen molar-refractivity contribution in [1.82, 2.24) is 29.1 Å². The maximum atomic E-state index is 5.27. The first-order chi connectivity index (χ1) is 25.3. The molecule has 7 aromatic heterocycles. The summed E-state index contributed by atoms with van der Waals surface area (Å²) in [6, 6.07) is 51.0. The van der Waals surface area contributed by atoms with Gasteiger partial charge in [-0.2, -0.15) is 0 Å². The first-order valence-electron chi connectivity index (χ1n) is 16.9. The van der Waals surface area contributed by atoms with Crippen LogP contribution in [0.4, 0.5) is 0 Å². The molecule has 0 unspecified atom stereocenters. The standard InChI is InChI=1S/C44H26N6S/c1-3-9-29(10-4-1)49-37-25-27(15-17-31(37)33-13-7-23-45-43(33)49)35-19-21-39-41(47-35)42-40(51-39)22-20-36(48-42)28-16-18-32-34-14-8-24-46-44(34)50(38(32)26-28)30-11-5-2-6-12-30/h1-26H. The van der Waals surface area contributed by atoms with Gasteiger partial charge in [0.05, 0.1) is 31.8 Å². The Balaban J connectivity index is 1.07. The van der Waals surface area contributed by atoms with Crippen LogP contribution in [0, 0.1) is 0 Å². The second kappa shape index (κ2) is 10.9. The summed E-state index contributed by atoms with van der Waals surface area (Å²) < 4.78 is 6.72. The van der Waals surface area contributed by atoms with Crippen LogP contribution in [0.3, 0.4) is 0 Å². The van der Waals surface area contributed by atoms with Gasteiger partial charge >= 0.3 is 0 Å². The van der Waals surface area contributed by atoms with E-state index in [4.69, 9.17) is 19.9 Å². The van der Waals surface area contributed by atoms with Crippen molar-refractivity contribution in [3.05, 3.63) is 158 Å². The number of fused-ring (bicyclic) bond motifs is 9. The lowest BCUT2D eigenvalue weighted by atomic mass is 10.1. The Morgan fingerprint density at radius 2 is 0.882 bits per heavy atom. The van der Waals surface area contributed by atoms with Crippen LogP contribution in [0.5, 0.6) is 0 Å². The fourth-order valence-corrected chi connectivity index (χ4v) is 8.51. The van der Waals surface area contributed by atoms with Gasteiger partial charge in [0.2, 0.25) is 0 Å². The highest BCUT2D eigenvalue weighted by molar-refractivity contribution is 7.25. The molecule has 0 N–H and O–H groups in total. The van der Waals surface area contributed by atoms with Crippen molar-refractivity contribution in [3.63, 3.8) is 0 Å². The van der Waals surface area contributed by atoms with Gasteiger partial charge in [-0.25, -0.2) is 19.9 Å². The average molecular weight is 671 g/mol. The number of aromatic nitrogens is 6. The van der Waals surface area contributed by atoms with Gasteiger partial charge in [0, 0.05) is 56.4 Å². The predicted molar refractivity (Wildman–Crippen MR) is 210 cm³/mol. The minimum atomic E-state index is 0.912. The van der Waals surface area contributed by atoms with Crippen molar-refractivity contribution in [2.45, 2.75) is 0 Å². The molecule has 11 rings (SSSR count). The molecule has 0 amide bonds. The lowest BCUT2D eigenvalue weighted by Crippen LogP contribution is -1.95. The van der Waals surface area contributed by atoms with Gasteiger partial charge in [-0.3, -0.25) is 9.13 Å². The molecule has 0 saturated heterocycles. The number of para-hydroxylation sites is 2. The summed E-state index contributed by atoms with van der Waals surface area (Å²) in [5, 5.41) is 4.59. The maximum absolute atomic E-state index is 5.27. The van der Waals surface area contributed by atoms with E-state index in [1.54, 1.807) is 11.3 Å². The summed E-state index contributed by atoms with van der Waals surface area (Å²) in [5.41, 5.74) is 12.0. The highest BCUT2D eigenvalue weighted by atomic mass is 32.1. The smallest absolute Gasteiger partial charge is 0.145 e. The van der Waals surface area contributed by atoms with Crippen molar-refractivity contribution < 1.29 is 0 Å². The maximum Gasteiger partial charge on any atom is 0.145 e. The van der Waals surface area contributed by atoms with Crippen LogP contribution in [0.1, 0.15) is 0 Å². The van der Waals surface area contributed by atoms with E-state index in [1.807, 2.05) is 36.7 Å². The molecule has 0 spiro atoms.